The maximum Gasteiger partial charge on any atom is 0.262 e. The maximum atomic E-state index is 12.4. The van der Waals surface area contributed by atoms with E-state index in [-0.39, 0.29) is 17.9 Å². The van der Waals surface area contributed by atoms with Crippen molar-refractivity contribution in [3.05, 3.63) is 81.1 Å². The molecule has 29 heavy (non-hydrogen) atoms. The van der Waals surface area contributed by atoms with Crippen molar-refractivity contribution in [1.29, 1.82) is 0 Å². The first-order chi connectivity index (χ1) is 14.1. The molecule has 0 aliphatic rings. The SMILES string of the molecule is O=C(CCn1cnc2sccc2c1=O)Nc1ccc(Sc2ccc(Br)cc2)cc1. The van der Waals surface area contributed by atoms with Crippen molar-refractivity contribution in [3.63, 3.8) is 0 Å². The van der Waals surface area contributed by atoms with E-state index in [0.717, 1.165) is 24.8 Å². The van der Waals surface area contributed by atoms with Crippen LogP contribution < -0.4 is 10.9 Å². The molecule has 0 unspecified atom stereocenters. The van der Waals surface area contributed by atoms with Gasteiger partial charge in [0.05, 0.1) is 11.7 Å². The lowest BCUT2D eigenvalue weighted by molar-refractivity contribution is -0.116. The Bertz CT molecular complexity index is 1200. The van der Waals surface area contributed by atoms with Gasteiger partial charge in [-0.05, 0) is 60.0 Å². The first kappa shape index (κ1) is 19.9. The molecule has 146 valence electrons. The van der Waals surface area contributed by atoms with Gasteiger partial charge in [0.25, 0.3) is 5.56 Å². The quantitative estimate of drug-likeness (QED) is 0.397. The molecule has 0 saturated heterocycles. The zero-order valence-electron chi connectivity index (χ0n) is 15.2. The van der Waals surface area contributed by atoms with Crippen molar-refractivity contribution < 1.29 is 4.79 Å². The summed E-state index contributed by atoms with van der Waals surface area (Å²) in [5, 5.41) is 5.31. The van der Waals surface area contributed by atoms with Crippen molar-refractivity contribution in [3.8, 4) is 0 Å². The van der Waals surface area contributed by atoms with E-state index >= 15 is 0 Å². The number of nitrogens with one attached hydrogen (secondary N) is 1. The number of anilines is 1. The summed E-state index contributed by atoms with van der Waals surface area (Å²) in [6, 6.07) is 17.6. The van der Waals surface area contributed by atoms with Gasteiger partial charge in [-0.3, -0.25) is 14.2 Å². The minimum atomic E-state index is -0.143. The molecule has 1 N–H and O–H groups in total. The Morgan fingerprint density at radius 1 is 1.07 bits per heavy atom. The molecule has 0 bridgehead atoms. The van der Waals surface area contributed by atoms with E-state index in [1.165, 1.54) is 22.2 Å². The van der Waals surface area contributed by atoms with Gasteiger partial charge in [-0.25, -0.2) is 4.98 Å². The van der Waals surface area contributed by atoms with Crippen LogP contribution in [0.25, 0.3) is 10.2 Å². The van der Waals surface area contributed by atoms with Gasteiger partial charge >= 0.3 is 0 Å². The number of nitrogens with zero attached hydrogens (tertiary/aromatic N) is 2. The molecular weight excluding hydrogens is 470 g/mol. The van der Waals surface area contributed by atoms with Gasteiger partial charge in [-0.1, -0.05) is 27.7 Å². The van der Waals surface area contributed by atoms with Crippen LogP contribution in [0.15, 0.2) is 85.4 Å². The fourth-order valence-electron chi connectivity index (χ4n) is 2.74. The molecule has 0 fully saturated rings. The number of hydrogen-bond acceptors (Lipinski definition) is 5. The Hall–Kier alpha value is -2.42. The average molecular weight is 486 g/mol. The van der Waals surface area contributed by atoms with E-state index in [9.17, 15) is 9.59 Å². The first-order valence-corrected chi connectivity index (χ1v) is 11.3. The predicted octanol–water partition coefficient (Wildman–Crippen LogP) is 5.40. The van der Waals surface area contributed by atoms with E-state index in [0.29, 0.717) is 11.9 Å². The fraction of sp³-hybridized carbons (Fsp3) is 0.0952. The molecule has 2 aromatic heterocycles. The fourth-order valence-corrected chi connectivity index (χ4v) is 4.55. The number of hydrogen-bond donors (Lipinski definition) is 1. The number of thiophene rings is 1. The van der Waals surface area contributed by atoms with Crippen LogP contribution >= 0.6 is 39.0 Å². The highest BCUT2D eigenvalue weighted by molar-refractivity contribution is 9.10. The van der Waals surface area contributed by atoms with Crippen LogP contribution in [0.4, 0.5) is 5.69 Å². The highest BCUT2D eigenvalue weighted by atomic mass is 79.9. The van der Waals surface area contributed by atoms with Crippen LogP contribution in [0.1, 0.15) is 6.42 Å². The van der Waals surface area contributed by atoms with Gasteiger partial charge in [0, 0.05) is 32.9 Å². The number of rotatable bonds is 6. The summed E-state index contributed by atoms with van der Waals surface area (Å²) in [6.07, 6.45) is 1.70. The molecule has 8 heteroatoms. The molecule has 5 nitrogen and oxygen atoms in total. The molecule has 1 amide bonds. The van der Waals surface area contributed by atoms with Crippen molar-refractivity contribution in [2.24, 2.45) is 0 Å². The Kier molecular flexibility index (Phi) is 6.13. The zero-order valence-corrected chi connectivity index (χ0v) is 18.4. The number of aryl methyl sites for hydroxylation is 1. The third-order valence-corrected chi connectivity index (χ3v) is 6.58. The Morgan fingerprint density at radius 3 is 2.48 bits per heavy atom. The summed E-state index contributed by atoms with van der Waals surface area (Å²) in [4.78, 5) is 31.8. The van der Waals surface area contributed by atoms with Crippen LogP contribution in [-0.2, 0) is 11.3 Å². The summed E-state index contributed by atoms with van der Waals surface area (Å²) in [5.41, 5.74) is 0.618. The molecular formula is C21H16BrN3O2S2. The third-order valence-electron chi connectivity index (χ3n) is 4.22. The van der Waals surface area contributed by atoms with Crippen LogP contribution in [0, 0.1) is 0 Å². The van der Waals surface area contributed by atoms with Crippen molar-refractivity contribution >= 4 is 60.8 Å². The van der Waals surface area contributed by atoms with Crippen molar-refractivity contribution in [1.82, 2.24) is 9.55 Å². The predicted molar refractivity (Wildman–Crippen MR) is 122 cm³/mol. The second-order valence-corrected chi connectivity index (χ2v) is 9.22. The second-order valence-electron chi connectivity index (χ2n) is 6.26. The average Bonchev–Trinajstić information content (AvgIpc) is 3.20. The topological polar surface area (TPSA) is 64.0 Å². The summed E-state index contributed by atoms with van der Waals surface area (Å²) >= 11 is 6.52. The highest BCUT2D eigenvalue weighted by Gasteiger charge is 2.08. The standard InChI is InChI=1S/C21H16BrN3O2S2/c22-14-1-5-16(6-2-14)29-17-7-3-15(4-8-17)24-19(26)9-11-25-13-23-20-18(21(25)27)10-12-28-20/h1-8,10,12-13H,9,11H2,(H,24,26). The van der Waals surface area contributed by atoms with Crippen LogP contribution in [0.2, 0.25) is 0 Å². The van der Waals surface area contributed by atoms with E-state index in [1.54, 1.807) is 17.8 Å². The molecule has 2 heterocycles. The second kappa shape index (κ2) is 8.94. The van der Waals surface area contributed by atoms with Crippen LogP contribution in [0.5, 0.6) is 0 Å². The molecule has 0 radical (unpaired) electrons. The van der Waals surface area contributed by atoms with Gasteiger partial charge in [-0.15, -0.1) is 11.3 Å². The third kappa shape index (κ3) is 4.95. The number of fused-ring (bicyclic) bond motifs is 1. The largest absolute Gasteiger partial charge is 0.326 e. The monoisotopic (exact) mass is 485 g/mol. The number of benzene rings is 2. The Labute approximate surface area is 183 Å². The summed E-state index contributed by atoms with van der Waals surface area (Å²) in [7, 11) is 0. The van der Waals surface area contributed by atoms with Gasteiger partial charge in [-0.2, -0.15) is 0 Å². The lowest BCUT2D eigenvalue weighted by Crippen LogP contribution is -2.23. The van der Waals surface area contributed by atoms with Gasteiger partial charge < -0.3 is 5.32 Å². The van der Waals surface area contributed by atoms with E-state index in [1.807, 2.05) is 41.8 Å². The molecule has 0 aliphatic heterocycles. The Morgan fingerprint density at radius 2 is 1.76 bits per heavy atom. The number of amides is 1. The van der Waals surface area contributed by atoms with E-state index in [2.05, 4.69) is 38.4 Å². The maximum absolute atomic E-state index is 12.4. The van der Waals surface area contributed by atoms with Crippen molar-refractivity contribution in [2.45, 2.75) is 22.8 Å². The summed E-state index contributed by atoms with van der Waals surface area (Å²) < 4.78 is 2.53. The van der Waals surface area contributed by atoms with E-state index in [4.69, 9.17) is 0 Å². The Balaban J connectivity index is 1.33. The number of carbonyl (C=O) groups is 1. The van der Waals surface area contributed by atoms with Gasteiger partial charge in [0.2, 0.25) is 5.91 Å². The molecule has 0 atom stereocenters. The number of carbonyl (C=O) groups excluding carboxylic acids is 1. The summed E-state index contributed by atoms with van der Waals surface area (Å²) in [6.45, 7) is 0.293. The summed E-state index contributed by atoms with van der Waals surface area (Å²) in [5.74, 6) is -0.143. The molecule has 2 aromatic carbocycles. The van der Waals surface area contributed by atoms with Crippen LogP contribution in [-0.4, -0.2) is 15.5 Å². The zero-order chi connectivity index (χ0) is 20.2. The van der Waals surface area contributed by atoms with Gasteiger partial charge in [0.1, 0.15) is 4.83 Å². The van der Waals surface area contributed by atoms with Gasteiger partial charge in [0.15, 0.2) is 0 Å². The van der Waals surface area contributed by atoms with Crippen LogP contribution in [0.3, 0.4) is 0 Å². The number of halogens is 1. The molecule has 0 aliphatic carbocycles. The molecule has 4 rings (SSSR count). The number of aromatic nitrogens is 2. The van der Waals surface area contributed by atoms with E-state index < -0.39 is 0 Å². The normalized spacial score (nSPS) is 10.9. The lowest BCUT2D eigenvalue weighted by atomic mass is 10.3. The van der Waals surface area contributed by atoms with Crippen molar-refractivity contribution in [2.75, 3.05) is 5.32 Å². The minimum absolute atomic E-state index is 0.113. The molecule has 0 saturated carbocycles. The molecule has 4 aromatic rings. The first-order valence-electron chi connectivity index (χ1n) is 8.84. The highest BCUT2D eigenvalue weighted by Crippen LogP contribution is 2.29. The molecule has 0 spiro atoms. The lowest BCUT2D eigenvalue weighted by Gasteiger charge is -2.08. The minimum Gasteiger partial charge on any atom is -0.326 e. The smallest absolute Gasteiger partial charge is 0.262 e.